The third-order valence-corrected chi connectivity index (χ3v) is 0.329. The molecule has 7 heteroatoms. The summed E-state index contributed by atoms with van der Waals surface area (Å²) in [7, 11) is -4.97. The van der Waals surface area contributed by atoms with Crippen LogP contribution in [0.15, 0.2) is 0 Å². The van der Waals surface area contributed by atoms with Crippen LogP contribution in [0, 0.1) is 5.39 Å². The SMILES string of the molecule is N#[N+][SH](=O)([O-])[O-].[Na+]. The first-order valence-corrected chi connectivity index (χ1v) is 2.44. The van der Waals surface area contributed by atoms with E-state index in [1.165, 1.54) is 4.38 Å². The van der Waals surface area contributed by atoms with Gasteiger partial charge in [0.2, 0.25) is 5.39 Å². The van der Waals surface area contributed by atoms with Crippen molar-refractivity contribution in [3.63, 3.8) is 0 Å². The van der Waals surface area contributed by atoms with Crippen molar-refractivity contribution in [1.82, 2.24) is 0 Å². The van der Waals surface area contributed by atoms with Crippen molar-refractivity contribution in [3.05, 3.63) is 4.38 Å². The standard InChI is InChI=1S/H2N2O3S.Na/c1-2-6(3,4)5;/h6H,(H-,3,4,5);/q;+1/p-1. The molecule has 0 saturated carbocycles. The van der Waals surface area contributed by atoms with E-state index in [4.69, 9.17) is 18.7 Å². The molecule has 0 radical (unpaired) electrons. The van der Waals surface area contributed by atoms with E-state index in [9.17, 15) is 0 Å². The van der Waals surface area contributed by atoms with Crippen LogP contribution in [0.3, 0.4) is 0 Å². The molecule has 0 fully saturated rings. The quantitative estimate of drug-likeness (QED) is 0.207. The third-order valence-electron chi connectivity index (χ3n) is 0.110. The molecule has 0 rings (SSSR count). The van der Waals surface area contributed by atoms with Gasteiger partial charge in [0.25, 0.3) is 0 Å². The Morgan fingerprint density at radius 3 is 1.71 bits per heavy atom. The second kappa shape index (κ2) is 3.49. The van der Waals surface area contributed by atoms with Crippen LogP contribution < -0.4 is 29.6 Å². The zero-order chi connectivity index (χ0) is 5.21. The summed E-state index contributed by atoms with van der Waals surface area (Å²) < 4.78 is 28.6. The van der Waals surface area contributed by atoms with E-state index in [1.807, 2.05) is 0 Å². The predicted octanol–water partition coefficient (Wildman–Crippen LogP) is -3.96. The van der Waals surface area contributed by atoms with Crippen molar-refractivity contribution in [2.45, 2.75) is 0 Å². The predicted molar refractivity (Wildman–Crippen MR) is 16.2 cm³/mol. The van der Waals surface area contributed by atoms with Crippen LogP contribution in [-0.2, 0) is 10.7 Å². The van der Waals surface area contributed by atoms with E-state index in [1.54, 1.807) is 0 Å². The largest absolute Gasteiger partial charge is 1.00 e. The molecular formula is HN2NaO3S. The van der Waals surface area contributed by atoms with E-state index in [-0.39, 0.29) is 29.6 Å². The Hall–Kier alpha value is 0.490. The minimum atomic E-state index is -4.97. The molecule has 0 atom stereocenters. The number of diazo groups is 1. The molecule has 0 amide bonds. The van der Waals surface area contributed by atoms with Gasteiger partial charge in [-0.2, -0.15) is 0 Å². The summed E-state index contributed by atoms with van der Waals surface area (Å²) >= 11 is 0. The fourth-order valence-corrected chi connectivity index (χ4v) is 0. The van der Waals surface area contributed by atoms with E-state index in [0.717, 1.165) is 0 Å². The van der Waals surface area contributed by atoms with Gasteiger partial charge in [0, 0.05) is 0 Å². The number of thiol groups is 1. The minimum Gasteiger partial charge on any atom is -0.738 e. The molecule has 0 saturated heterocycles. The molecule has 0 aromatic carbocycles. The van der Waals surface area contributed by atoms with Crippen LogP contribution in [0.1, 0.15) is 0 Å². The normalized spacial score (nSPS) is 11.0. The monoisotopic (exact) mass is 132 g/mol. The van der Waals surface area contributed by atoms with E-state index in [2.05, 4.69) is 0 Å². The number of hydrogen-bond acceptors (Lipinski definition) is 4. The van der Waals surface area contributed by atoms with Gasteiger partial charge in [-0.25, -0.2) is 4.21 Å². The van der Waals surface area contributed by atoms with Crippen molar-refractivity contribution in [1.29, 1.82) is 5.39 Å². The fourth-order valence-electron chi connectivity index (χ4n) is 0. The van der Waals surface area contributed by atoms with Crippen LogP contribution in [0.4, 0.5) is 0 Å². The molecule has 0 aromatic heterocycles. The molecule has 7 heavy (non-hydrogen) atoms. The molecule has 0 heterocycles. The summed E-state index contributed by atoms with van der Waals surface area (Å²) in [5.74, 6) is 0. The first-order valence-electron chi connectivity index (χ1n) is 0.948. The van der Waals surface area contributed by atoms with Gasteiger partial charge in [0.15, 0.2) is 4.38 Å². The maximum Gasteiger partial charge on any atom is 1.00 e. The topological polar surface area (TPSA) is 91.3 Å². The molecule has 0 bridgehead atoms. The van der Waals surface area contributed by atoms with Gasteiger partial charge in [-0.3, -0.25) is 0 Å². The number of rotatable bonds is 0. The molecular weight excluding hydrogens is 131 g/mol. The van der Waals surface area contributed by atoms with E-state index in [0.29, 0.717) is 0 Å². The second-order valence-corrected chi connectivity index (χ2v) is 1.67. The van der Waals surface area contributed by atoms with Crippen LogP contribution in [0.25, 0.3) is 4.38 Å². The van der Waals surface area contributed by atoms with Gasteiger partial charge in [-0.05, 0) is 0 Å². The molecule has 0 aliphatic rings. The molecule has 36 valence electrons. The summed E-state index contributed by atoms with van der Waals surface area (Å²) in [6, 6.07) is 0. The first-order chi connectivity index (χ1) is 2.56. The second-order valence-electron chi connectivity index (χ2n) is 0.558. The maximum absolute atomic E-state index is 9.06. The average molecular weight is 132 g/mol. The van der Waals surface area contributed by atoms with Gasteiger partial charge < -0.3 is 9.11 Å². The molecule has 5 nitrogen and oxygen atoms in total. The molecule has 0 aliphatic carbocycles. The van der Waals surface area contributed by atoms with E-state index < -0.39 is 10.7 Å². The Balaban J connectivity index is 0. The Morgan fingerprint density at radius 1 is 1.57 bits per heavy atom. The zero-order valence-electron chi connectivity index (χ0n) is 3.57. The van der Waals surface area contributed by atoms with Crippen molar-refractivity contribution < 1.29 is 42.9 Å². The number of hydrogen-bond donors (Lipinski definition) is 1. The Labute approximate surface area is 63.2 Å². The van der Waals surface area contributed by atoms with Crippen molar-refractivity contribution >= 4 is 10.7 Å². The molecule has 0 unspecified atom stereocenters. The van der Waals surface area contributed by atoms with Crippen LogP contribution in [0.2, 0.25) is 0 Å². The van der Waals surface area contributed by atoms with E-state index >= 15 is 0 Å². The summed E-state index contributed by atoms with van der Waals surface area (Å²) in [5.41, 5.74) is 0. The van der Waals surface area contributed by atoms with Gasteiger partial charge in [-0.1, -0.05) is 0 Å². The number of nitrogens with zero attached hydrogens (tertiary/aromatic N) is 2. The minimum absolute atomic E-state index is 0. The molecule has 0 aromatic rings. The maximum atomic E-state index is 9.06. The Morgan fingerprint density at radius 2 is 1.71 bits per heavy atom. The van der Waals surface area contributed by atoms with Crippen molar-refractivity contribution in [2.75, 3.05) is 0 Å². The van der Waals surface area contributed by atoms with Gasteiger partial charge in [0.05, 0.1) is 0 Å². The third kappa shape index (κ3) is 10.7. The van der Waals surface area contributed by atoms with Crippen molar-refractivity contribution in [2.24, 2.45) is 0 Å². The van der Waals surface area contributed by atoms with Gasteiger partial charge in [0.1, 0.15) is 10.7 Å². The average Bonchev–Trinajstić information content (AvgIpc) is 1.35. The van der Waals surface area contributed by atoms with Crippen LogP contribution in [0.5, 0.6) is 0 Å². The zero-order valence-corrected chi connectivity index (χ0v) is 6.46. The molecule has 0 aliphatic heterocycles. The summed E-state index contributed by atoms with van der Waals surface area (Å²) in [6.45, 7) is 0. The Kier molecular flexibility index (Phi) is 5.21. The summed E-state index contributed by atoms with van der Waals surface area (Å²) in [6.07, 6.45) is 0. The van der Waals surface area contributed by atoms with Crippen molar-refractivity contribution in [3.8, 4) is 0 Å². The first kappa shape index (κ1) is 10.5. The smallest absolute Gasteiger partial charge is 0.738 e. The fraction of sp³-hybridized carbons (Fsp3) is 0. The molecule has 0 spiro atoms. The Bertz CT molecular complexity index is 119. The molecule has 0 N–H and O–H groups in total. The summed E-state index contributed by atoms with van der Waals surface area (Å²) in [4.78, 5) is 0. The van der Waals surface area contributed by atoms with Crippen LogP contribution in [-0.4, -0.2) is 13.3 Å². The van der Waals surface area contributed by atoms with Gasteiger partial charge >= 0.3 is 29.6 Å². The van der Waals surface area contributed by atoms with Crippen LogP contribution >= 0.6 is 0 Å². The van der Waals surface area contributed by atoms with Gasteiger partial charge in [-0.15, -0.1) is 0 Å². The summed E-state index contributed by atoms with van der Waals surface area (Å²) in [5, 5.41) is 7.14.